The van der Waals surface area contributed by atoms with Gasteiger partial charge >= 0.3 is 11.6 Å². The summed E-state index contributed by atoms with van der Waals surface area (Å²) in [6.07, 6.45) is 0. The number of esters is 1. The number of ether oxygens (including phenoxy) is 3. The van der Waals surface area contributed by atoms with E-state index >= 15 is 0 Å². The molecule has 1 aromatic heterocycles. The predicted molar refractivity (Wildman–Crippen MR) is 106 cm³/mol. The maximum Gasteiger partial charge on any atom is 0.344 e. The molecule has 7 heteroatoms. The third-order valence-corrected chi connectivity index (χ3v) is 4.78. The van der Waals surface area contributed by atoms with Gasteiger partial charge in [0.25, 0.3) is 0 Å². The Bertz CT molecular complexity index is 1180. The quantitative estimate of drug-likeness (QED) is 0.537. The van der Waals surface area contributed by atoms with E-state index in [-0.39, 0.29) is 22.8 Å². The van der Waals surface area contributed by atoms with Crippen LogP contribution in [0.3, 0.4) is 0 Å². The number of rotatable bonds is 4. The van der Waals surface area contributed by atoms with Gasteiger partial charge in [-0.25, -0.2) is 9.59 Å². The van der Waals surface area contributed by atoms with Crippen LogP contribution in [0.25, 0.3) is 11.0 Å². The molecule has 148 valence electrons. The molecule has 0 aliphatic carbocycles. The number of methoxy groups -OCH3 is 1. The van der Waals surface area contributed by atoms with Crippen LogP contribution in [0.5, 0.6) is 11.5 Å². The first-order chi connectivity index (χ1) is 14.0. The summed E-state index contributed by atoms with van der Waals surface area (Å²) in [7, 11) is 1.25. The van der Waals surface area contributed by atoms with E-state index in [9.17, 15) is 9.59 Å². The Morgan fingerprint density at radius 1 is 1.14 bits per heavy atom. The van der Waals surface area contributed by atoms with Crippen molar-refractivity contribution in [2.24, 2.45) is 5.73 Å². The van der Waals surface area contributed by atoms with Crippen LogP contribution < -0.4 is 20.8 Å². The highest BCUT2D eigenvalue weighted by molar-refractivity contribution is 5.94. The minimum atomic E-state index is -0.803. The molecule has 1 unspecified atom stereocenters. The van der Waals surface area contributed by atoms with Gasteiger partial charge in [0, 0.05) is 0 Å². The van der Waals surface area contributed by atoms with Crippen LogP contribution >= 0.6 is 0 Å². The van der Waals surface area contributed by atoms with Crippen LogP contribution in [0, 0.1) is 0 Å². The van der Waals surface area contributed by atoms with Crippen molar-refractivity contribution in [3.8, 4) is 11.5 Å². The third kappa shape index (κ3) is 3.10. The lowest BCUT2D eigenvalue weighted by Gasteiger charge is -2.27. The van der Waals surface area contributed by atoms with E-state index in [2.05, 4.69) is 0 Å². The largest absolute Gasteiger partial charge is 0.494 e. The van der Waals surface area contributed by atoms with E-state index in [0.717, 1.165) is 0 Å². The van der Waals surface area contributed by atoms with Gasteiger partial charge in [-0.15, -0.1) is 0 Å². The first-order valence-electron chi connectivity index (χ1n) is 9.09. The molecular formula is C22H19NO6. The first-order valence-corrected chi connectivity index (χ1v) is 9.09. The van der Waals surface area contributed by atoms with Crippen LogP contribution in [0.4, 0.5) is 0 Å². The number of carbonyl (C=O) groups excluding carboxylic acids is 1. The van der Waals surface area contributed by atoms with Crippen molar-refractivity contribution in [2.75, 3.05) is 13.7 Å². The Labute approximate surface area is 166 Å². The number of nitrogens with two attached hydrogens (primary N) is 1. The van der Waals surface area contributed by atoms with Crippen molar-refractivity contribution in [3.63, 3.8) is 0 Å². The zero-order valence-corrected chi connectivity index (χ0v) is 15.9. The van der Waals surface area contributed by atoms with Crippen LogP contribution in [0.2, 0.25) is 0 Å². The van der Waals surface area contributed by atoms with Gasteiger partial charge in [-0.2, -0.15) is 0 Å². The van der Waals surface area contributed by atoms with E-state index in [0.29, 0.717) is 28.9 Å². The summed E-state index contributed by atoms with van der Waals surface area (Å²) < 4.78 is 21.6. The summed E-state index contributed by atoms with van der Waals surface area (Å²) in [5.74, 6) is -0.646. The fraction of sp³-hybridized carbons (Fsp3) is 0.182. The molecule has 0 bridgehead atoms. The summed E-state index contributed by atoms with van der Waals surface area (Å²) in [5.41, 5.74) is 6.78. The Balaban J connectivity index is 1.99. The maximum absolute atomic E-state index is 12.9. The number of para-hydroxylation sites is 1. The van der Waals surface area contributed by atoms with Gasteiger partial charge < -0.3 is 24.4 Å². The summed E-state index contributed by atoms with van der Waals surface area (Å²) in [6.45, 7) is 2.41. The van der Waals surface area contributed by atoms with E-state index in [1.54, 1.807) is 48.5 Å². The fourth-order valence-electron chi connectivity index (χ4n) is 3.53. The normalized spacial score (nSPS) is 15.6. The molecule has 7 nitrogen and oxygen atoms in total. The zero-order valence-electron chi connectivity index (χ0n) is 15.9. The molecule has 0 radical (unpaired) electrons. The van der Waals surface area contributed by atoms with E-state index in [1.165, 1.54) is 7.11 Å². The summed E-state index contributed by atoms with van der Waals surface area (Å²) in [6, 6.07) is 14.1. The van der Waals surface area contributed by atoms with Crippen LogP contribution in [0.1, 0.15) is 24.0 Å². The maximum atomic E-state index is 12.9. The molecule has 0 saturated carbocycles. The Kier molecular flexibility index (Phi) is 4.72. The van der Waals surface area contributed by atoms with Gasteiger partial charge in [-0.1, -0.05) is 24.3 Å². The molecular weight excluding hydrogens is 374 g/mol. The third-order valence-electron chi connectivity index (χ3n) is 4.78. The second kappa shape index (κ2) is 7.35. The van der Waals surface area contributed by atoms with Gasteiger partial charge in [0.1, 0.15) is 16.9 Å². The fourth-order valence-corrected chi connectivity index (χ4v) is 3.53. The average Bonchev–Trinajstić information content (AvgIpc) is 2.73. The van der Waals surface area contributed by atoms with Gasteiger partial charge in [0.05, 0.1) is 30.6 Å². The van der Waals surface area contributed by atoms with Crippen molar-refractivity contribution in [1.82, 2.24) is 0 Å². The second-order valence-corrected chi connectivity index (χ2v) is 6.44. The van der Waals surface area contributed by atoms with Crippen molar-refractivity contribution >= 4 is 16.9 Å². The summed E-state index contributed by atoms with van der Waals surface area (Å²) in [5, 5.41) is 0.588. The molecule has 2 N–H and O–H groups in total. The number of hydrogen-bond acceptors (Lipinski definition) is 7. The molecule has 0 saturated heterocycles. The number of fused-ring (bicyclic) bond motifs is 3. The van der Waals surface area contributed by atoms with Crippen molar-refractivity contribution in [3.05, 3.63) is 81.5 Å². The summed E-state index contributed by atoms with van der Waals surface area (Å²) >= 11 is 0. The highest BCUT2D eigenvalue weighted by Gasteiger charge is 2.39. The number of carbonyl (C=O) groups is 1. The Morgan fingerprint density at radius 3 is 2.55 bits per heavy atom. The molecule has 4 rings (SSSR count). The van der Waals surface area contributed by atoms with E-state index < -0.39 is 17.5 Å². The lowest BCUT2D eigenvalue weighted by atomic mass is 9.83. The lowest BCUT2D eigenvalue weighted by molar-refractivity contribution is -0.136. The van der Waals surface area contributed by atoms with Crippen molar-refractivity contribution < 1.29 is 23.4 Å². The zero-order chi connectivity index (χ0) is 20.5. The molecule has 3 aromatic rings. The summed E-state index contributed by atoms with van der Waals surface area (Å²) in [4.78, 5) is 25.4. The van der Waals surface area contributed by atoms with Gasteiger partial charge in [-0.05, 0) is 36.8 Å². The molecule has 1 aliphatic rings. The number of benzene rings is 2. The SMILES string of the molecule is CCOc1ccc(C2C(C(=O)OC)=C(N)Oc3c2c(=O)oc2ccccc32)cc1. The van der Waals surface area contributed by atoms with Crippen LogP contribution in [-0.2, 0) is 9.53 Å². The van der Waals surface area contributed by atoms with Gasteiger partial charge in [0.2, 0.25) is 5.88 Å². The highest BCUT2D eigenvalue weighted by atomic mass is 16.5. The minimum Gasteiger partial charge on any atom is -0.494 e. The van der Waals surface area contributed by atoms with Gasteiger partial charge in [-0.3, -0.25) is 0 Å². The molecule has 0 fully saturated rings. The highest BCUT2D eigenvalue weighted by Crippen LogP contribution is 2.44. The molecule has 1 aliphatic heterocycles. The lowest BCUT2D eigenvalue weighted by Crippen LogP contribution is -2.30. The Morgan fingerprint density at radius 2 is 1.86 bits per heavy atom. The number of hydrogen-bond donors (Lipinski definition) is 1. The molecule has 1 atom stereocenters. The molecule has 0 amide bonds. The monoisotopic (exact) mass is 393 g/mol. The predicted octanol–water partition coefficient (Wildman–Crippen LogP) is 3.06. The molecule has 2 heterocycles. The molecule has 29 heavy (non-hydrogen) atoms. The van der Waals surface area contributed by atoms with Crippen molar-refractivity contribution in [2.45, 2.75) is 12.8 Å². The standard InChI is InChI=1S/C22H19NO6/c1-3-27-13-10-8-12(9-11-13)16-17-19(29-20(23)18(16)21(24)26-2)14-6-4-5-7-15(14)28-22(17)25/h4-11,16H,3,23H2,1-2H3. The van der Waals surface area contributed by atoms with E-state index in [1.807, 2.05) is 6.92 Å². The van der Waals surface area contributed by atoms with Crippen LogP contribution in [-0.4, -0.2) is 19.7 Å². The Hall–Kier alpha value is -3.74. The van der Waals surface area contributed by atoms with E-state index in [4.69, 9.17) is 24.4 Å². The minimum absolute atomic E-state index is 0.0479. The molecule has 0 spiro atoms. The average molecular weight is 393 g/mol. The van der Waals surface area contributed by atoms with Gasteiger partial charge in [0.15, 0.2) is 5.75 Å². The van der Waals surface area contributed by atoms with Crippen LogP contribution in [0.15, 0.2) is 69.2 Å². The smallest absolute Gasteiger partial charge is 0.344 e. The molecule has 2 aromatic carbocycles. The van der Waals surface area contributed by atoms with Crippen molar-refractivity contribution in [1.29, 1.82) is 0 Å². The topological polar surface area (TPSA) is 101 Å². The first kappa shape index (κ1) is 18.6. The second-order valence-electron chi connectivity index (χ2n) is 6.44.